The van der Waals surface area contributed by atoms with E-state index < -0.39 is 29.7 Å². The van der Waals surface area contributed by atoms with Crippen LogP contribution in [0.3, 0.4) is 0 Å². The highest BCUT2D eigenvalue weighted by molar-refractivity contribution is 9.10. The molecular formula is C33H42BrNO6. The molecule has 0 saturated carbocycles. The maximum atomic E-state index is 12.5. The van der Waals surface area contributed by atoms with Gasteiger partial charge in [0.2, 0.25) is 0 Å². The second-order valence-corrected chi connectivity index (χ2v) is 12.1. The molecule has 222 valence electrons. The minimum Gasteiger partial charge on any atom is -0.507 e. The number of benzene rings is 1. The number of allylic oxidation sites excluding steroid dienone is 4. The highest BCUT2D eigenvalue weighted by atomic mass is 79.9. The number of carbonyl (C=O) groups excluding carboxylic acids is 2. The van der Waals surface area contributed by atoms with Gasteiger partial charge in [-0.2, -0.15) is 0 Å². The third-order valence-corrected chi connectivity index (χ3v) is 7.81. The van der Waals surface area contributed by atoms with Crippen molar-refractivity contribution >= 4 is 28.0 Å². The average molecular weight is 629 g/mol. The zero-order valence-electron chi connectivity index (χ0n) is 24.4. The smallest absolute Gasteiger partial charge is 0.404 e. The summed E-state index contributed by atoms with van der Waals surface area (Å²) in [6.07, 6.45) is 13.6. The third kappa shape index (κ3) is 11.6. The number of phenols is 1. The average Bonchev–Trinajstić information content (AvgIpc) is 2.88. The van der Waals surface area contributed by atoms with Crippen molar-refractivity contribution in [2.45, 2.75) is 72.2 Å². The number of amides is 1. The van der Waals surface area contributed by atoms with E-state index in [1.54, 1.807) is 42.5 Å². The Labute approximate surface area is 252 Å². The topological polar surface area (TPSA) is 119 Å². The van der Waals surface area contributed by atoms with Crippen molar-refractivity contribution < 1.29 is 29.3 Å². The fourth-order valence-electron chi connectivity index (χ4n) is 4.50. The van der Waals surface area contributed by atoms with Gasteiger partial charge < -0.3 is 25.4 Å². The number of aliphatic hydroxyl groups excluding tert-OH is 1. The van der Waals surface area contributed by atoms with E-state index in [0.29, 0.717) is 29.3 Å². The molecule has 1 aliphatic rings. The molecule has 2 rings (SSSR count). The van der Waals surface area contributed by atoms with Gasteiger partial charge in [-0.25, -0.2) is 9.59 Å². The fourth-order valence-corrected chi connectivity index (χ4v) is 4.98. The molecule has 0 fully saturated rings. The van der Waals surface area contributed by atoms with Gasteiger partial charge in [-0.3, -0.25) is 0 Å². The molecule has 1 aromatic rings. The number of primary amides is 1. The van der Waals surface area contributed by atoms with E-state index >= 15 is 0 Å². The summed E-state index contributed by atoms with van der Waals surface area (Å²) in [7, 11) is 0. The van der Waals surface area contributed by atoms with Gasteiger partial charge in [0.15, 0.2) is 0 Å². The molecule has 0 aliphatic carbocycles. The summed E-state index contributed by atoms with van der Waals surface area (Å²) < 4.78 is 11.5. The zero-order valence-corrected chi connectivity index (χ0v) is 26.0. The van der Waals surface area contributed by atoms with Crippen LogP contribution in [0.2, 0.25) is 0 Å². The number of hydrogen-bond donors (Lipinski definition) is 3. The first-order chi connectivity index (χ1) is 19.3. The largest absolute Gasteiger partial charge is 0.507 e. The Morgan fingerprint density at radius 1 is 1.20 bits per heavy atom. The van der Waals surface area contributed by atoms with Gasteiger partial charge in [-0.15, -0.1) is 0 Å². The van der Waals surface area contributed by atoms with E-state index in [9.17, 15) is 19.8 Å². The lowest BCUT2D eigenvalue weighted by atomic mass is 9.82. The Balaban J connectivity index is 2.15. The summed E-state index contributed by atoms with van der Waals surface area (Å²) in [6.45, 7) is 9.79. The molecule has 6 atom stereocenters. The number of carbonyl (C=O) groups is 2. The van der Waals surface area contributed by atoms with Crippen molar-refractivity contribution in [2.75, 3.05) is 0 Å². The van der Waals surface area contributed by atoms with Gasteiger partial charge in [-0.1, -0.05) is 82.9 Å². The Hall–Kier alpha value is -3.28. The van der Waals surface area contributed by atoms with Gasteiger partial charge >= 0.3 is 12.1 Å². The molecule has 0 aromatic heterocycles. The number of halogens is 1. The number of cyclic esters (lactones) is 1. The molecule has 1 amide bonds. The van der Waals surface area contributed by atoms with E-state index in [-0.39, 0.29) is 29.6 Å². The van der Waals surface area contributed by atoms with Crippen LogP contribution in [-0.2, 0) is 14.3 Å². The molecule has 1 aliphatic heterocycles. The fraction of sp³-hybridized carbons (Fsp3) is 0.455. The Bertz CT molecular complexity index is 1220. The summed E-state index contributed by atoms with van der Waals surface area (Å²) in [5, 5.41) is 20.8. The lowest BCUT2D eigenvalue weighted by Crippen LogP contribution is -2.26. The summed E-state index contributed by atoms with van der Waals surface area (Å²) in [5.41, 5.74) is 5.21. The van der Waals surface area contributed by atoms with Crippen LogP contribution in [0.1, 0.15) is 65.5 Å². The second-order valence-electron chi connectivity index (χ2n) is 11.3. The van der Waals surface area contributed by atoms with E-state index in [1.807, 2.05) is 52.8 Å². The highest BCUT2D eigenvalue weighted by Gasteiger charge is 2.28. The van der Waals surface area contributed by atoms with Gasteiger partial charge in [0.1, 0.15) is 18.0 Å². The maximum absolute atomic E-state index is 12.5. The number of aromatic hydroxyl groups is 1. The van der Waals surface area contributed by atoms with E-state index in [1.165, 1.54) is 6.08 Å². The molecule has 8 heteroatoms. The number of nitrogens with two attached hydrogens (primary N) is 1. The minimum absolute atomic E-state index is 0.0645. The molecule has 1 heterocycles. The van der Waals surface area contributed by atoms with Gasteiger partial charge in [0.25, 0.3) is 0 Å². The van der Waals surface area contributed by atoms with Gasteiger partial charge in [0.05, 0.1) is 10.6 Å². The third-order valence-electron chi connectivity index (χ3n) is 6.95. The number of ether oxygens (including phenoxy) is 2. The zero-order chi connectivity index (χ0) is 30.6. The van der Waals surface area contributed by atoms with Crippen LogP contribution >= 0.6 is 15.9 Å². The normalized spacial score (nSPS) is 25.2. The van der Waals surface area contributed by atoms with Crippen LogP contribution in [-0.4, -0.2) is 34.5 Å². The molecular weight excluding hydrogens is 586 g/mol. The van der Waals surface area contributed by atoms with Gasteiger partial charge in [0, 0.05) is 17.4 Å². The molecule has 7 nitrogen and oxygen atoms in total. The predicted octanol–water partition coefficient (Wildman–Crippen LogP) is 6.91. The van der Waals surface area contributed by atoms with E-state index in [4.69, 9.17) is 15.2 Å². The van der Waals surface area contributed by atoms with Crippen molar-refractivity contribution in [3.8, 4) is 17.6 Å². The van der Waals surface area contributed by atoms with E-state index in [2.05, 4.69) is 27.8 Å². The van der Waals surface area contributed by atoms with Crippen molar-refractivity contribution in [1.82, 2.24) is 0 Å². The molecule has 0 radical (unpaired) electrons. The van der Waals surface area contributed by atoms with Gasteiger partial charge in [-0.05, 0) is 76.9 Å². The van der Waals surface area contributed by atoms with E-state index in [0.717, 1.165) is 0 Å². The van der Waals surface area contributed by atoms with Crippen molar-refractivity contribution in [2.24, 2.45) is 28.9 Å². The molecule has 0 bridgehead atoms. The number of phenolic OH excluding ortho intramolecular Hbond substituents is 1. The molecule has 0 saturated heterocycles. The highest BCUT2D eigenvalue weighted by Crippen LogP contribution is 2.40. The van der Waals surface area contributed by atoms with Crippen LogP contribution in [0, 0.1) is 35.0 Å². The SMILES string of the molecule is C[C@H]1CC=CC(=O)O[C@@H](C=CC#CC=CC(C)(C)[C@H](O)c2cccc(O)c2Br)[C@H](C)C=C[C@@H](C)C[C@@H](OC(N)=O)C1. The monoisotopic (exact) mass is 627 g/mol. The molecule has 0 spiro atoms. The quantitative estimate of drug-likeness (QED) is 0.185. The van der Waals surface area contributed by atoms with Crippen molar-refractivity contribution in [1.29, 1.82) is 0 Å². The van der Waals surface area contributed by atoms with Crippen LogP contribution in [0.25, 0.3) is 0 Å². The second kappa shape index (κ2) is 16.2. The maximum Gasteiger partial charge on any atom is 0.404 e. The standard InChI is InChI=1S/C33H42BrNO6/c1-22-12-10-16-29(37)41-28(24(3)18-17-23(2)21-25(20-22)40-32(35)39)15-8-6-7-9-19-33(4,5)31(38)26-13-11-14-27(36)30(26)34/h8-11,13-19,22-25,28,31,36,38H,12,20-21H2,1-5H3,(H2,35,39)/t22-,23+,24+,25-,28-,31+/m0/s1. The lowest BCUT2D eigenvalue weighted by molar-refractivity contribution is -0.142. The summed E-state index contributed by atoms with van der Waals surface area (Å²) in [4.78, 5) is 23.9. The van der Waals surface area contributed by atoms with Crippen LogP contribution in [0.15, 0.2) is 71.3 Å². The number of hydrogen-bond acceptors (Lipinski definition) is 6. The lowest BCUT2D eigenvalue weighted by Gasteiger charge is -2.28. The molecule has 4 N–H and O–H groups in total. The number of rotatable bonds is 5. The van der Waals surface area contributed by atoms with Crippen molar-refractivity contribution in [3.63, 3.8) is 0 Å². The minimum atomic E-state index is -0.870. The molecule has 0 unspecified atom stereocenters. The number of esters is 1. The van der Waals surface area contributed by atoms with Crippen LogP contribution in [0.4, 0.5) is 4.79 Å². The summed E-state index contributed by atoms with van der Waals surface area (Å²) in [6, 6.07) is 4.99. The summed E-state index contributed by atoms with van der Waals surface area (Å²) >= 11 is 3.34. The molecule has 41 heavy (non-hydrogen) atoms. The Morgan fingerprint density at radius 3 is 2.61 bits per heavy atom. The number of aliphatic hydroxyl groups is 1. The predicted molar refractivity (Wildman–Crippen MR) is 165 cm³/mol. The van der Waals surface area contributed by atoms with Crippen LogP contribution in [0.5, 0.6) is 5.75 Å². The Kier molecular flexibility index (Phi) is 13.4. The van der Waals surface area contributed by atoms with Crippen molar-refractivity contribution in [3.05, 3.63) is 76.8 Å². The Morgan fingerprint density at radius 2 is 1.90 bits per heavy atom. The first kappa shape index (κ1) is 33.9. The summed E-state index contributed by atoms with van der Waals surface area (Å²) in [5.74, 6) is 5.69. The molecule has 1 aromatic carbocycles. The first-order valence-electron chi connectivity index (χ1n) is 13.8. The first-order valence-corrected chi connectivity index (χ1v) is 14.6. The van der Waals surface area contributed by atoms with Crippen LogP contribution < -0.4 is 5.73 Å².